The van der Waals surface area contributed by atoms with Gasteiger partial charge in [-0.15, -0.1) is 0 Å². The Morgan fingerprint density at radius 2 is 1.71 bits per heavy atom. The second-order valence-electron chi connectivity index (χ2n) is 0.849. The first kappa shape index (κ1) is 7.23. The van der Waals surface area contributed by atoms with E-state index < -0.39 is 7.32 Å². The summed E-state index contributed by atoms with van der Waals surface area (Å²) >= 11 is 4.82. The number of hydrogen-bond donors (Lipinski definition) is 0. The van der Waals surface area contributed by atoms with Gasteiger partial charge in [-0.25, -0.2) is 0 Å². The van der Waals surface area contributed by atoms with Gasteiger partial charge in [-0.05, 0) is 0 Å². The van der Waals surface area contributed by atoms with E-state index >= 15 is 0 Å². The van der Waals surface area contributed by atoms with Crippen LogP contribution in [0.25, 0.3) is 0 Å². The van der Waals surface area contributed by atoms with Crippen LogP contribution in [-0.2, 0) is 13.5 Å². The molecule has 0 saturated carbocycles. The SMILES string of the molecule is COB(OC)OCl. The average molecular weight is 124 g/mol. The molecule has 5 heteroatoms. The fourth-order valence-electron chi connectivity index (χ4n) is 0.169. The third kappa shape index (κ3) is 2.88. The summed E-state index contributed by atoms with van der Waals surface area (Å²) in [5, 5.41) is 0. The van der Waals surface area contributed by atoms with Crippen molar-refractivity contribution >= 4 is 19.2 Å². The van der Waals surface area contributed by atoms with Crippen LogP contribution in [0.1, 0.15) is 0 Å². The fraction of sp³-hybridized carbons (Fsp3) is 1.00. The van der Waals surface area contributed by atoms with Gasteiger partial charge >= 0.3 is 7.32 Å². The summed E-state index contributed by atoms with van der Waals surface area (Å²) in [6.45, 7) is 0. The number of rotatable bonds is 3. The zero-order valence-electron chi connectivity index (χ0n) is 4.18. The van der Waals surface area contributed by atoms with Crippen molar-refractivity contribution in [3.8, 4) is 0 Å². The van der Waals surface area contributed by atoms with Crippen molar-refractivity contribution < 1.29 is 13.5 Å². The van der Waals surface area contributed by atoms with E-state index in [-0.39, 0.29) is 0 Å². The summed E-state index contributed by atoms with van der Waals surface area (Å²) in [4.78, 5) is 0. The van der Waals surface area contributed by atoms with E-state index in [0.717, 1.165) is 0 Å². The van der Waals surface area contributed by atoms with Gasteiger partial charge in [0.05, 0.1) is 0 Å². The lowest BCUT2D eigenvalue weighted by Gasteiger charge is -1.98. The highest BCUT2D eigenvalue weighted by atomic mass is 35.5. The van der Waals surface area contributed by atoms with Crippen LogP contribution in [0, 0.1) is 0 Å². The molecule has 0 atom stereocenters. The van der Waals surface area contributed by atoms with Crippen LogP contribution >= 0.6 is 11.9 Å². The highest BCUT2D eigenvalue weighted by molar-refractivity contribution is 6.43. The van der Waals surface area contributed by atoms with Crippen LogP contribution < -0.4 is 0 Å². The standard InChI is InChI=1S/C2H6BClO3/c1-5-3(6-2)7-4/h1-2H3. The Balaban J connectivity index is 2.99. The Labute approximate surface area is 47.8 Å². The van der Waals surface area contributed by atoms with Gasteiger partial charge in [-0.1, -0.05) is 0 Å². The summed E-state index contributed by atoms with van der Waals surface area (Å²) in [5.41, 5.74) is 0. The predicted molar refractivity (Wildman–Crippen MR) is 26.7 cm³/mol. The molecule has 0 heterocycles. The highest BCUT2D eigenvalue weighted by Gasteiger charge is 2.14. The molecule has 0 bridgehead atoms. The molecule has 0 saturated heterocycles. The molecule has 0 rings (SSSR count). The van der Waals surface area contributed by atoms with Crippen molar-refractivity contribution in [1.29, 1.82) is 0 Å². The molecule has 3 nitrogen and oxygen atoms in total. The first-order valence-corrected chi connectivity index (χ1v) is 1.99. The Morgan fingerprint density at radius 1 is 1.29 bits per heavy atom. The molecule has 0 aliphatic rings. The van der Waals surface area contributed by atoms with Crippen molar-refractivity contribution in [1.82, 2.24) is 0 Å². The minimum Gasteiger partial charge on any atom is -0.388 e. The monoisotopic (exact) mass is 124 g/mol. The third-order valence-electron chi connectivity index (χ3n) is 0.458. The Bertz CT molecular complexity index is 34.4. The van der Waals surface area contributed by atoms with Gasteiger partial charge < -0.3 is 9.31 Å². The first-order valence-electron chi connectivity index (χ1n) is 1.68. The fourth-order valence-corrected chi connectivity index (χ4v) is 0.314. The molecule has 0 aliphatic heterocycles. The molecule has 0 N–H and O–H groups in total. The maximum absolute atomic E-state index is 4.82. The second-order valence-corrected chi connectivity index (χ2v) is 1.03. The number of hydrogen-bond acceptors (Lipinski definition) is 3. The van der Waals surface area contributed by atoms with Crippen LogP contribution in [-0.4, -0.2) is 21.5 Å². The Hall–Kier alpha value is 0.235. The smallest absolute Gasteiger partial charge is 0.388 e. The molecule has 0 amide bonds. The second kappa shape index (κ2) is 4.40. The molecular weight excluding hydrogens is 118 g/mol. The first-order chi connectivity index (χ1) is 3.35. The zero-order chi connectivity index (χ0) is 5.70. The summed E-state index contributed by atoms with van der Waals surface area (Å²) in [6.07, 6.45) is 0. The number of halogens is 1. The molecule has 0 aromatic heterocycles. The van der Waals surface area contributed by atoms with Crippen molar-refractivity contribution in [3.05, 3.63) is 0 Å². The van der Waals surface area contributed by atoms with E-state index in [0.29, 0.717) is 0 Å². The van der Waals surface area contributed by atoms with Gasteiger partial charge in [-0.2, -0.15) is 0 Å². The minimum atomic E-state index is -0.748. The van der Waals surface area contributed by atoms with Crippen LogP contribution in [0.5, 0.6) is 0 Å². The molecule has 42 valence electrons. The molecule has 0 unspecified atom stereocenters. The molecule has 0 radical (unpaired) electrons. The Morgan fingerprint density at radius 3 is 1.71 bits per heavy atom. The summed E-state index contributed by atoms with van der Waals surface area (Å²) in [7, 11) is 2.11. The lowest BCUT2D eigenvalue weighted by atomic mass is 10.3. The lowest BCUT2D eigenvalue weighted by Crippen LogP contribution is -2.18. The summed E-state index contributed by atoms with van der Waals surface area (Å²) in [5.74, 6) is 0. The quantitative estimate of drug-likeness (QED) is 0.511. The molecular formula is C2H6BClO3. The third-order valence-corrected chi connectivity index (χ3v) is 0.603. The van der Waals surface area contributed by atoms with Gasteiger partial charge in [-0.3, -0.25) is 4.21 Å². The van der Waals surface area contributed by atoms with E-state index in [9.17, 15) is 0 Å². The van der Waals surface area contributed by atoms with Crippen LogP contribution in [0.3, 0.4) is 0 Å². The Kier molecular flexibility index (Phi) is 4.54. The van der Waals surface area contributed by atoms with E-state index in [1.165, 1.54) is 14.2 Å². The van der Waals surface area contributed by atoms with Crippen molar-refractivity contribution in [2.45, 2.75) is 0 Å². The van der Waals surface area contributed by atoms with E-state index in [1.54, 1.807) is 0 Å². The van der Waals surface area contributed by atoms with Crippen LogP contribution in [0.15, 0.2) is 0 Å². The normalized spacial score (nSPS) is 9.00. The average Bonchev–Trinajstić information content (AvgIpc) is 1.72. The van der Waals surface area contributed by atoms with Crippen molar-refractivity contribution in [2.24, 2.45) is 0 Å². The van der Waals surface area contributed by atoms with Crippen molar-refractivity contribution in [2.75, 3.05) is 14.2 Å². The largest absolute Gasteiger partial charge is 0.656 e. The van der Waals surface area contributed by atoms with Gasteiger partial charge in [0.25, 0.3) is 0 Å². The molecule has 7 heavy (non-hydrogen) atoms. The summed E-state index contributed by atoms with van der Waals surface area (Å²) in [6, 6.07) is 0. The topological polar surface area (TPSA) is 27.7 Å². The predicted octanol–water partition coefficient (Wildman–Crippen LogP) is 0.434. The van der Waals surface area contributed by atoms with E-state index in [4.69, 9.17) is 11.9 Å². The van der Waals surface area contributed by atoms with Crippen LogP contribution in [0.2, 0.25) is 0 Å². The summed E-state index contributed by atoms with van der Waals surface area (Å²) < 4.78 is 13.0. The molecule has 0 aromatic rings. The highest BCUT2D eigenvalue weighted by Crippen LogP contribution is 1.88. The molecule has 0 fully saturated rings. The van der Waals surface area contributed by atoms with Gasteiger partial charge in [0, 0.05) is 26.1 Å². The van der Waals surface area contributed by atoms with Crippen molar-refractivity contribution in [3.63, 3.8) is 0 Å². The van der Waals surface area contributed by atoms with Gasteiger partial charge in [0.2, 0.25) is 0 Å². The lowest BCUT2D eigenvalue weighted by molar-refractivity contribution is 0.208. The molecule has 0 aromatic carbocycles. The molecule has 0 spiro atoms. The van der Waals surface area contributed by atoms with E-state index in [1.807, 2.05) is 0 Å². The minimum absolute atomic E-state index is 0.748. The maximum Gasteiger partial charge on any atom is 0.656 e. The maximum atomic E-state index is 4.82. The van der Waals surface area contributed by atoms with Gasteiger partial charge in [0.1, 0.15) is 0 Å². The molecule has 0 aliphatic carbocycles. The zero-order valence-corrected chi connectivity index (χ0v) is 4.94. The van der Waals surface area contributed by atoms with Crippen LogP contribution in [0.4, 0.5) is 0 Å². The van der Waals surface area contributed by atoms with Gasteiger partial charge in [0.15, 0.2) is 0 Å². The van der Waals surface area contributed by atoms with E-state index in [2.05, 4.69) is 13.5 Å².